The number of aromatic nitrogens is 3. The lowest BCUT2D eigenvalue weighted by atomic mass is 10.1. The number of rotatable bonds is 5. The number of thiazole rings is 1. The second kappa shape index (κ2) is 8.65. The molecule has 2 heterocycles. The van der Waals surface area contributed by atoms with Gasteiger partial charge in [-0.05, 0) is 19.1 Å². The summed E-state index contributed by atoms with van der Waals surface area (Å²) >= 11 is 0.881. The van der Waals surface area contributed by atoms with E-state index in [1.807, 2.05) is 0 Å². The molecule has 0 spiro atoms. The molecule has 0 aliphatic heterocycles. The van der Waals surface area contributed by atoms with Crippen LogP contribution in [0, 0.1) is 6.92 Å². The van der Waals surface area contributed by atoms with E-state index in [4.69, 9.17) is 10.5 Å². The summed E-state index contributed by atoms with van der Waals surface area (Å²) in [5.41, 5.74) is 3.39. The van der Waals surface area contributed by atoms with E-state index >= 15 is 0 Å². The van der Waals surface area contributed by atoms with Gasteiger partial charge in [0.25, 0.3) is 5.56 Å². The van der Waals surface area contributed by atoms with Crippen LogP contribution in [-0.2, 0) is 25.0 Å². The third-order valence-electron chi connectivity index (χ3n) is 4.76. The van der Waals surface area contributed by atoms with Gasteiger partial charge in [0.2, 0.25) is 5.78 Å². The van der Waals surface area contributed by atoms with Crippen LogP contribution in [0.4, 0.5) is 19.0 Å². The maximum atomic E-state index is 12.7. The van der Waals surface area contributed by atoms with E-state index < -0.39 is 46.9 Å². The summed E-state index contributed by atoms with van der Waals surface area (Å²) in [6.07, 6.45) is -4.48. The monoisotopic (exact) mass is 482 g/mol. The number of carbonyl (C=O) groups is 2. The van der Waals surface area contributed by atoms with E-state index in [2.05, 4.69) is 4.98 Å². The Balaban J connectivity index is 1.79. The number of nitrogens with two attached hydrogens (primary N) is 1. The average molecular weight is 482 g/mol. The maximum absolute atomic E-state index is 12.7. The molecule has 0 amide bonds. The molecule has 0 saturated carbocycles. The summed E-state index contributed by atoms with van der Waals surface area (Å²) in [4.78, 5) is 53.3. The van der Waals surface area contributed by atoms with E-state index in [-0.39, 0.29) is 21.4 Å². The zero-order valence-electron chi connectivity index (χ0n) is 17.5. The minimum absolute atomic E-state index is 0.0408. The van der Waals surface area contributed by atoms with Crippen molar-refractivity contribution in [2.75, 3.05) is 12.3 Å². The number of benzene rings is 1. The van der Waals surface area contributed by atoms with Crippen LogP contribution in [0.3, 0.4) is 0 Å². The Hall–Kier alpha value is -3.74. The molecular weight excluding hydrogens is 465 g/mol. The second-order valence-corrected chi connectivity index (χ2v) is 7.97. The van der Waals surface area contributed by atoms with Crippen molar-refractivity contribution in [3.8, 4) is 10.6 Å². The molecule has 2 aromatic heterocycles. The summed E-state index contributed by atoms with van der Waals surface area (Å²) in [5.74, 6) is -2.17. The van der Waals surface area contributed by atoms with Crippen LogP contribution < -0.4 is 17.0 Å². The third kappa shape index (κ3) is 4.58. The van der Waals surface area contributed by atoms with Crippen LogP contribution in [0.2, 0.25) is 0 Å². The number of nitrogen functional groups attached to an aromatic ring is 1. The third-order valence-corrected chi connectivity index (χ3v) is 5.95. The molecule has 0 aliphatic rings. The number of anilines is 1. The van der Waals surface area contributed by atoms with Crippen molar-refractivity contribution < 1.29 is 27.5 Å². The van der Waals surface area contributed by atoms with Gasteiger partial charge in [0.15, 0.2) is 6.61 Å². The highest BCUT2D eigenvalue weighted by atomic mass is 32.1. The van der Waals surface area contributed by atoms with E-state index in [1.165, 1.54) is 33.2 Å². The Bertz CT molecular complexity index is 1370. The number of esters is 1. The molecule has 3 aromatic rings. The Kier molecular flexibility index (Phi) is 6.27. The molecule has 1 aromatic carbocycles. The highest BCUT2D eigenvalue weighted by Gasteiger charge is 2.30. The summed E-state index contributed by atoms with van der Waals surface area (Å²) in [7, 11) is 2.46. The van der Waals surface area contributed by atoms with Gasteiger partial charge in [-0.15, -0.1) is 11.3 Å². The first-order chi connectivity index (χ1) is 15.3. The fourth-order valence-corrected chi connectivity index (χ4v) is 3.87. The number of ketones is 1. The van der Waals surface area contributed by atoms with E-state index in [0.29, 0.717) is 10.1 Å². The number of hydrogen-bond donors (Lipinski definition) is 1. The molecule has 0 atom stereocenters. The van der Waals surface area contributed by atoms with Gasteiger partial charge < -0.3 is 10.5 Å². The summed E-state index contributed by atoms with van der Waals surface area (Å²) < 4.78 is 44.8. The Morgan fingerprint density at radius 3 is 2.30 bits per heavy atom. The van der Waals surface area contributed by atoms with Gasteiger partial charge in [0, 0.05) is 19.7 Å². The van der Waals surface area contributed by atoms with Crippen LogP contribution in [0.1, 0.15) is 31.3 Å². The van der Waals surface area contributed by atoms with Gasteiger partial charge in [-0.2, -0.15) is 13.2 Å². The van der Waals surface area contributed by atoms with Crippen molar-refractivity contribution in [3.05, 3.63) is 66.8 Å². The molecule has 13 heteroatoms. The first-order valence-corrected chi connectivity index (χ1v) is 10.1. The van der Waals surface area contributed by atoms with Crippen LogP contribution in [-0.4, -0.2) is 32.5 Å². The summed E-state index contributed by atoms with van der Waals surface area (Å²) in [6, 6.07) is 4.28. The summed E-state index contributed by atoms with van der Waals surface area (Å²) in [5, 5.41) is 0.288. The number of aryl methyl sites for hydroxylation is 1. The molecule has 2 N–H and O–H groups in total. The fraction of sp³-hybridized carbons (Fsp3) is 0.250. The first-order valence-electron chi connectivity index (χ1n) is 9.23. The number of Topliss-reactive ketones (excluding diaryl/α,β-unsaturated/α-hetero) is 1. The normalized spacial score (nSPS) is 11.5. The predicted octanol–water partition coefficient (Wildman–Crippen LogP) is 2.16. The Labute approximate surface area is 187 Å². The molecular formula is C20H17F3N4O5S. The molecule has 0 fully saturated rings. The van der Waals surface area contributed by atoms with E-state index in [1.54, 1.807) is 0 Å². The predicted molar refractivity (Wildman–Crippen MR) is 113 cm³/mol. The molecule has 0 bridgehead atoms. The number of halogens is 3. The number of hydrogen-bond acceptors (Lipinski definition) is 8. The van der Waals surface area contributed by atoms with E-state index in [9.17, 15) is 32.3 Å². The van der Waals surface area contributed by atoms with Crippen LogP contribution >= 0.6 is 11.3 Å². The Morgan fingerprint density at radius 1 is 1.12 bits per heavy atom. The molecule has 0 unspecified atom stereocenters. The average Bonchev–Trinajstić information content (AvgIpc) is 3.16. The standard InChI is InChI=1S/C20H17F3N4O5S/c1-9-14(33-16(25-9)10-4-6-11(7-5-10)20(21,22)23)18(30)32-8-12(28)13-15(24)26(2)19(31)27(3)17(13)29/h4-7H,8,24H2,1-3H3. The lowest BCUT2D eigenvalue weighted by Crippen LogP contribution is -2.42. The summed E-state index contributed by atoms with van der Waals surface area (Å²) in [6.45, 7) is 0.687. The number of alkyl halides is 3. The van der Waals surface area contributed by atoms with Gasteiger partial charge in [0.1, 0.15) is 21.3 Å². The molecule has 3 rings (SSSR count). The molecule has 0 radical (unpaired) electrons. The van der Waals surface area contributed by atoms with Crippen molar-refractivity contribution in [1.82, 2.24) is 14.1 Å². The molecule has 174 valence electrons. The molecule has 33 heavy (non-hydrogen) atoms. The smallest absolute Gasteiger partial charge is 0.416 e. The topological polar surface area (TPSA) is 126 Å². The second-order valence-electron chi connectivity index (χ2n) is 6.97. The fourth-order valence-electron chi connectivity index (χ4n) is 2.90. The zero-order valence-corrected chi connectivity index (χ0v) is 18.3. The van der Waals surface area contributed by atoms with Crippen molar-refractivity contribution >= 4 is 28.9 Å². The SMILES string of the molecule is Cc1nc(-c2ccc(C(F)(F)F)cc2)sc1C(=O)OCC(=O)c1c(N)n(C)c(=O)n(C)c1=O. The van der Waals surface area contributed by atoms with Gasteiger partial charge in [-0.1, -0.05) is 12.1 Å². The van der Waals surface area contributed by atoms with Gasteiger partial charge >= 0.3 is 17.8 Å². The zero-order chi connectivity index (χ0) is 24.7. The van der Waals surface area contributed by atoms with Crippen LogP contribution in [0.15, 0.2) is 33.9 Å². The molecule has 0 aliphatic carbocycles. The maximum Gasteiger partial charge on any atom is 0.416 e. The quantitative estimate of drug-likeness (QED) is 0.436. The van der Waals surface area contributed by atoms with Crippen LogP contribution in [0.25, 0.3) is 10.6 Å². The Morgan fingerprint density at radius 2 is 1.73 bits per heavy atom. The van der Waals surface area contributed by atoms with Gasteiger partial charge in [0.05, 0.1) is 11.3 Å². The van der Waals surface area contributed by atoms with E-state index in [0.717, 1.165) is 28.0 Å². The number of ether oxygens (including phenoxy) is 1. The van der Waals surface area contributed by atoms with Crippen molar-refractivity contribution in [3.63, 3.8) is 0 Å². The lowest BCUT2D eigenvalue weighted by molar-refractivity contribution is -0.137. The largest absolute Gasteiger partial charge is 0.453 e. The lowest BCUT2D eigenvalue weighted by Gasteiger charge is -2.10. The van der Waals surface area contributed by atoms with Gasteiger partial charge in [-0.25, -0.2) is 14.6 Å². The van der Waals surface area contributed by atoms with Crippen LogP contribution in [0.5, 0.6) is 0 Å². The first kappa shape index (κ1) is 23.9. The minimum Gasteiger partial charge on any atom is -0.453 e. The highest BCUT2D eigenvalue weighted by Crippen LogP contribution is 2.33. The van der Waals surface area contributed by atoms with Crippen molar-refractivity contribution in [2.45, 2.75) is 13.1 Å². The minimum atomic E-state index is -4.48. The number of carbonyl (C=O) groups excluding carboxylic acids is 2. The van der Waals surface area contributed by atoms with Crippen molar-refractivity contribution in [1.29, 1.82) is 0 Å². The number of nitrogens with zero attached hydrogens (tertiary/aromatic N) is 3. The molecule has 0 saturated heterocycles. The molecule has 9 nitrogen and oxygen atoms in total. The van der Waals surface area contributed by atoms with Gasteiger partial charge in [-0.3, -0.25) is 18.7 Å². The van der Waals surface area contributed by atoms with Crippen molar-refractivity contribution in [2.24, 2.45) is 14.1 Å². The highest BCUT2D eigenvalue weighted by molar-refractivity contribution is 7.17.